The third-order valence-corrected chi connectivity index (χ3v) is 4.16. The zero-order chi connectivity index (χ0) is 13.2. The highest BCUT2D eigenvalue weighted by Crippen LogP contribution is 2.30. The van der Waals surface area contributed by atoms with Crippen LogP contribution in [0, 0.1) is 0 Å². The lowest BCUT2D eigenvalue weighted by atomic mass is 10.3. The Morgan fingerprint density at radius 2 is 1.72 bits per heavy atom. The van der Waals surface area contributed by atoms with Gasteiger partial charge in [-0.15, -0.1) is 0 Å². The average Bonchev–Trinajstić information content (AvgIpc) is 2.34. The molecule has 0 radical (unpaired) electrons. The van der Waals surface area contributed by atoms with Gasteiger partial charge in [-0.1, -0.05) is 45.7 Å². The molecule has 18 heavy (non-hydrogen) atoms. The maximum absolute atomic E-state index is 11.9. The second-order valence-corrected chi connectivity index (χ2v) is 6.29. The molecule has 2 aromatic rings. The van der Waals surface area contributed by atoms with Crippen LogP contribution in [0.25, 0.3) is 0 Å². The molecule has 0 atom stereocenters. The average molecular weight is 348 g/mol. The Hall–Kier alpha value is -1.04. The van der Waals surface area contributed by atoms with Crippen molar-refractivity contribution in [3.63, 3.8) is 0 Å². The van der Waals surface area contributed by atoms with Crippen molar-refractivity contribution in [1.82, 2.24) is 0 Å². The van der Waals surface area contributed by atoms with Crippen LogP contribution in [0.15, 0.2) is 57.9 Å². The fourth-order valence-corrected chi connectivity index (χ4v) is 3.02. The molecule has 0 saturated heterocycles. The summed E-state index contributed by atoms with van der Waals surface area (Å²) in [7, 11) is -3.85. The van der Waals surface area contributed by atoms with Gasteiger partial charge in [0.25, 0.3) is 0 Å². The van der Waals surface area contributed by atoms with Crippen molar-refractivity contribution in [2.24, 2.45) is 0 Å². The van der Waals surface area contributed by atoms with Crippen molar-refractivity contribution in [2.75, 3.05) is 0 Å². The van der Waals surface area contributed by atoms with Crippen molar-refractivity contribution >= 4 is 37.6 Å². The van der Waals surface area contributed by atoms with E-state index in [-0.39, 0.29) is 15.7 Å². The van der Waals surface area contributed by atoms with Gasteiger partial charge in [-0.05, 0) is 30.3 Å². The fourth-order valence-electron chi connectivity index (χ4n) is 1.30. The molecule has 3 nitrogen and oxygen atoms in total. The van der Waals surface area contributed by atoms with E-state index in [0.29, 0.717) is 0 Å². The molecule has 6 heteroatoms. The van der Waals surface area contributed by atoms with Gasteiger partial charge in [-0.2, -0.15) is 8.42 Å². The molecule has 0 aromatic heterocycles. The van der Waals surface area contributed by atoms with Crippen LogP contribution in [0.3, 0.4) is 0 Å². The zero-order valence-corrected chi connectivity index (χ0v) is 12.2. The first-order chi connectivity index (χ1) is 8.49. The summed E-state index contributed by atoms with van der Waals surface area (Å²) in [6, 6.07) is 12.6. The van der Waals surface area contributed by atoms with E-state index in [1.807, 2.05) is 0 Å². The van der Waals surface area contributed by atoms with Gasteiger partial charge in [-0.3, -0.25) is 0 Å². The van der Waals surface area contributed by atoms with Crippen molar-refractivity contribution in [3.8, 4) is 5.75 Å². The van der Waals surface area contributed by atoms with E-state index in [2.05, 4.69) is 15.9 Å². The molecule has 2 aromatic carbocycles. The molecule has 0 unspecified atom stereocenters. The van der Waals surface area contributed by atoms with Gasteiger partial charge in [0.1, 0.15) is 4.90 Å². The van der Waals surface area contributed by atoms with Gasteiger partial charge < -0.3 is 4.18 Å². The van der Waals surface area contributed by atoms with E-state index >= 15 is 0 Å². The van der Waals surface area contributed by atoms with Crippen LogP contribution < -0.4 is 4.18 Å². The van der Waals surface area contributed by atoms with Crippen LogP contribution in [-0.4, -0.2) is 8.42 Å². The van der Waals surface area contributed by atoms with Crippen LogP contribution in [0.1, 0.15) is 0 Å². The Balaban J connectivity index is 2.34. The van der Waals surface area contributed by atoms with Crippen LogP contribution in [0.4, 0.5) is 0 Å². The summed E-state index contributed by atoms with van der Waals surface area (Å²) in [6.07, 6.45) is 0. The first kappa shape index (κ1) is 13.4. The second kappa shape index (κ2) is 5.30. The minimum absolute atomic E-state index is 0.0870. The minimum Gasteiger partial charge on any atom is -0.377 e. The molecule has 0 aliphatic heterocycles. The summed E-state index contributed by atoms with van der Waals surface area (Å²) in [6.45, 7) is 0. The van der Waals surface area contributed by atoms with Crippen LogP contribution in [0.2, 0.25) is 5.02 Å². The number of halogens is 2. The van der Waals surface area contributed by atoms with Crippen LogP contribution in [-0.2, 0) is 10.1 Å². The third kappa shape index (κ3) is 3.04. The largest absolute Gasteiger partial charge is 0.377 e. The molecule has 0 aliphatic rings. The molecule has 0 bridgehead atoms. The van der Waals surface area contributed by atoms with Gasteiger partial charge in [0.05, 0.1) is 5.02 Å². The summed E-state index contributed by atoms with van der Waals surface area (Å²) in [5.74, 6) is 0.101. The van der Waals surface area contributed by atoms with E-state index < -0.39 is 10.1 Å². The van der Waals surface area contributed by atoms with E-state index in [9.17, 15) is 8.42 Å². The van der Waals surface area contributed by atoms with Crippen molar-refractivity contribution in [2.45, 2.75) is 4.90 Å². The summed E-state index contributed by atoms with van der Waals surface area (Å²) < 4.78 is 29.6. The lowest BCUT2D eigenvalue weighted by Gasteiger charge is -2.08. The SMILES string of the molecule is O=S(=O)(Oc1ccc(Br)cc1Cl)c1ccccc1. The lowest BCUT2D eigenvalue weighted by Crippen LogP contribution is -2.09. The maximum atomic E-state index is 11.9. The predicted octanol–water partition coefficient (Wildman–Crippen LogP) is 3.87. The third-order valence-electron chi connectivity index (χ3n) is 2.13. The number of benzene rings is 2. The Labute approximate surface area is 119 Å². The van der Waals surface area contributed by atoms with E-state index in [4.69, 9.17) is 15.8 Å². The number of hydrogen-bond donors (Lipinski definition) is 0. The Morgan fingerprint density at radius 3 is 2.33 bits per heavy atom. The predicted molar refractivity (Wildman–Crippen MR) is 73.4 cm³/mol. The van der Waals surface area contributed by atoms with Gasteiger partial charge in [-0.25, -0.2) is 0 Å². The van der Waals surface area contributed by atoms with Gasteiger partial charge in [0.15, 0.2) is 5.75 Å². The van der Waals surface area contributed by atoms with Crippen molar-refractivity contribution < 1.29 is 12.6 Å². The molecule has 0 spiro atoms. The quantitative estimate of drug-likeness (QED) is 0.792. The van der Waals surface area contributed by atoms with Crippen LogP contribution in [0.5, 0.6) is 5.75 Å². The standard InChI is InChI=1S/C12H8BrClO3S/c13-9-6-7-12(11(14)8-9)17-18(15,16)10-4-2-1-3-5-10/h1-8H. The molecule has 0 amide bonds. The smallest absolute Gasteiger partial charge is 0.339 e. The first-order valence-electron chi connectivity index (χ1n) is 4.93. The van der Waals surface area contributed by atoms with E-state index in [0.717, 1.165) is 4.47 Å². The van der Waals surface area contributed by atoms with E-state index in [1.165, 1.54) is 18.2 Å². The van der Waals surface area contributed by atoms with E-state index in [1.54, 1.807) is 30.3 Å². The molecule has 0 aliphatic carbocycles. The topological polar surface area (TPSA) is 43.4 Å². The van der Waals surface area contributed by atoms with Gasteiger partial charge in [0, 0.05) is 4.47 Å². The summed E-state index contributed by atoms with van der Waals surface area (Å²) in [4.78, 5) is 0.0870. The fraction of sp³-hybridized carbons (Fsp3) is 0. The minimum atomic E-state index is -3.85. The molecular formula is C12H8BrClO3S. The summed E-state index contributed by atoms with van der Waals surface area (Å²) >= 11 is 9.13. The molecule has 0 heterocycles. The van der Waals surface area contributed by atoms with Gasteiger partial charge in [0.2, 0.25) is 0 Å². The molecule has 0 fully saturated rings. The molecule has 0 N–H and O–H groups in total. The molecule has 94 valence electrons. The monoisotopic (exact) mass is 346 g/mol. The Bertz CT molecular complexity index is 656. The zero-order valence-electron chi connectivity index (χ0n) is 9.01. The highest BCUT2D eigenvalue weighted by atomic mass is 79.9. The lowest BCUT2D eigenvalue weighted by molar-refractivity contribution is 0.486. The summed E-state index contributed by atoms with van der Waals surface area (Å²) in [5, 5.41) is 0.226. The molecule has 2 rings (SSSR count). The van der Waals surface area contributed by atoms with Gasteiger partial charge >= 0.3 is 10.1 Å². The molecular weight excluding hydrogens is 340 g/mol. The van der Waals surface area contributed by atoms with Crippen molar-refractivity contribution in [3.05, 3.63) is 58.0 Å². The maximum Gasteiger partial charge on any atom is 0.339 e. The normalized spacial score (nSPS) is 11.2. The highest BCUT2D eigenvalue weighted by Gasteiger charge is 2.17. The summed E-state index contributed by atoms with van der Waals surface area (Å²) in [5.41, 5.74) is 0. The Kier molecular flexibility index (Phi) is 3.94. The first-order valence-corrected chi connectivity index (χ1v) is 7.51. The Morgan fingerprint density at radius 1 is 1.06 bits per heavy atom. The van der Waals surface area contributed by atoms with Crippen LogP contribution >= 0.6 is 27.5 Å². The second-order valence-electron chi connectivity index (χ2n) is 3.43. The number of hydrogen-bond acceptors (Lipinski definition) is 3. The molecule has 0 saturated carbocycles. The number of rotatable bonds is 3. The van der Waals surface area contributed by atoms with Crippen molar-refractivity contribution in [1.29, 1.82) is 0 Å². The highest BCUT2D eigenvalue weighted by molar-refractivity contribution is 9.10.